The number of amides is 2. The number of carbonyl (C=O) groups is 2. The van der Waals surface area contributed by atoms with Crippen molar-refractivity contribution in [3.8, 4) is 0 Å². The number of carboxylic acid groups (broad SMARTS) is 1. The number of hydrogen-bond acceptors (Lipinski definition) is 2. The van der Waals surface area contributed by atoms with Gasteiger partial charge in [0, 0.05) is 13.6 Å². The number of rotatable bonds is 3. The summed E-state index contributed by atoms with van der Waals surface area (Å²) < 4.78 is 0. The molecule has 3 N–H and O–H groups in total. The number of hydrogen-bond donors (Lipinski definition) is 3. The van der Waals surface area contributed by atoms with E-state index in [2.05, 4.69) is 10.6 Å². The van der Waals surface area contributed by atoms with Gasteiger partial charge in [0.2, 0.25) is 0 Å². The second-order valence-corrected chi connectivity index (χ2v) is 3.73. The van der Waals surface area contributed by atoms with Crippen LogP contribution in [0.3, 0.4) is 0 Å². The summed E-state index contributed by atoms with van der Waals surface area (Å²) in [6, 6.07) is -0.322. The SMILES string of the molecule is CNC(=O)NCC1(C(=O)O)CCCC1. The van der Waals surface area contributed by atoms with Gasteiger partial charge in [0.15, 0.2) is 0 Å². The van der Waals surface area contributed by atoms with Crippen LogP contribution in [-0.4, -0.2) is 30.7 Å². The molecule has 0 saturated heterocycles. The Morgan fingerprint density at radius 2 is 1.93 bits per heavy atom. The lowest BCUT2D eigenvalue weighted by atomic mass is 9.86. The minimum atomic E-state index is -0.800. The Kier molecular flexibility index (Phi) is 3.33. The monoisotopic (exact) mass is 200 g/mol. The van der Waals surface area contributed by atoms with Gasteiger partial charge in [-0.2, -0.15) is 0 Å². The molecule has 1 saturated carbocycles. The normalized spacial score (nSPS) is 18.9. The van der Waals surface area contributed by atoms with E-state index in [1.165, 1.54) is 7.05 Å². The van der Waals surface area contributed by atoms with E-state index in [0.717, 1.165) is 12.8 Å². The van der Waals surface area contributed by atoms with Crippen LogP contribution < -0.4 is 10.6 Å². The maximum Gasteiger partial charge on any atom is 0.314 e. The zero-order valence-corrected chi connectivity index (χ0v) is 8.30. The highest BCUT2D eigenvalue weighted by Gasteiger charge is 2.41. The Morgan fingerprint density at radius 3 is 2.36 bits per heavy atom. The Labute approximate surface area is 82.9 Å². The van der Waals surface area contributed by atoms with Crippen molar-refractivity contribution in [2.45, 2.75) is 25.7 Å². The maximum absolute atomic E-state index is 11.1. The van der Waals surface area contributed by atoms with Crippen LogP contribution in [0.2, 0.25) is 0 Å². The van der Waals surface area contributed by atoms with Crippen LogP contribution in [0.15, 0.2) is 0 Å². The Morgan fingerprint density at radius 1 is 1.36 bits per heavy atom. The smallest absolute Gasteiger partial charge is 0.314 e. The van der Waals surface area contributed by atoms with Crippen molar-refractivity contribution in [2.75, 3.05) is 13.6 Å². The summed E-state index contributed by atoms with van der Waals surface area (Å²) in [6.07, 6.45) is 3.18. The zero-order valence-electron chi connectivity index (χ0n) is 8.30. The van der Waals surface area contributed by atoms with Gasteiger partial charge in [-0.05, 0) is 12.8 Å². The molecule has 0 atom stereocenters. The molecule has 0 aromatic rings. The van der Waals surface area contributed by atoms with Crippen LogP contribution in [0.4, 0.5) is 4.79 Å². The molecule has 80 valence electrons. The number of urea groups is 1. The first-order valence-electron chi connectivity index (χ1n) is 4.80. The van der Waals surface area contributed by atoms with Gasteiger partial charge in [-0.3, -0.25) is 4.79 Å². The fraction of sp³-hybridized carbons (Fsp3) is 0.778. The lowest BCUT2D eigenvalue weighted by Crippen LogP contribution is -2.44. The number of carboxylic acids is 1. The van der Waals surface area contributed by atoms with Crippen LogP contribution in [-0.2, 0) is 4.79 Å². The van der Waals surface area contributed by atoms with Gasteiger partial charge in [0.05, 0.1) is 5.41 Å². The van der Waals surface area contributed by atoms with E-state index in [0.29, 0.717) is 12.8 Å². The van der Waals surface area contributed by atoms with Gasteiger partial charge in [0.1, 0.15) is 0 Å². The van der Waals surface area contributed by atoms with Gasteiger partial charge in [-0.25, -0.2) is 4.79 Å². The van der Waals surface area contributed by atoms with Crippen molar-refractivity contribution in [3.63, 3.8) is 0 Å². The van der Waals surface area contributed by atoms with E-state index >= 15 is 0 Å². The summed E-state index contributed by atoms with van der Waals surface area (Å²) in [5.74, 6) is -0.800. The third-order valence-electron chi connectivity index (χ3n) is 2.83. The molecule has 0 aromatic heterocycles. The molecule has 0 aliphatic heterocycles. The molecule has 0 spiro atoms. The quantitative estimate of drug-likeness (QED) is 0.623. The molecule has 0 heterocycles. The highest BCUT2D eigenvalue weighted by atomic mass is 16.4. The lowest BCUT2D eigenvalue weighted by Gasteiger charge is -2.23. The van der Waals surface area contributed by atoms with Gasteiger partial charge in [-0.1, -0.05) is 12.8 Å². The molecular weight excluding hydrogens is 184 g/mol. The fourth-order valence-electron chi connectivity index (χ4n) is 1.86. The minimum absolute atomic E-state index is 0.224. The van der Waals surface area contributed by atoms with Crippen molar-refractivity contribution in [1.82, 2.24) is 10.6 Å². The molecule has 1 aliphatic carbocycles. The second-order valence-electron chi connectivity index (χ2n) is 3.73. The van der Waals surface area contributed by atoms with E-state index in [4.69, 9.17) is 5.11 Å². The molecule has 0 bridgehead atoms. The maximum atomic E-state index is 11.1. The van der Waals surface area contributed by atoms with E-state index in [1.807, 2.05) is 0 Å². The van der Waals surface area contributed by atoms with Crippen molar-refractivity contribution in [1.29, 1.82) is 0 Å². The third kappa shape index (κ3) is 2.16. The Balaban J connectivity index is 2.52. The number of carbonyl (C=O) groups excluding carboxylic acids is 1. The number of aliphatic carboxylic acids is 1. The molecule has 5 heteroatoms. The summed E-state index contributed by atoms with van der Waals surface area (Å²) in [5.41, 5.74) is -0.730. The van der Waals surface area contributed by atoms with Crippen LogP contribution in [0.1, 0.15) is 25.7 Å². The molecule has 0 radical (unpaired) electrons. The van der Waals surface area contributed by atoms with Gasteiger partial charge in [0.25, 0.3) is 0 Å². The molecule has 0 unspecified atom stereocenters. The zero-order chi connectivity index (χ0) is 10.6. The van der Waals surface area contributed by atoms with Crippen molar-refractivity contribution < 1.29 is 14.7 Å². The average Bonchev–Trinajstić information content (AvgIpc) is 2.64. The summed E-state index contributed by atoms with van der Waals surface area (Å²) >= 11 is 0. The summed E-state index contributed by atoms with van der Waals surface area (Å²) in [4.78, 5) is 22.0. The van der Waals surface area contributed by atoms with Crippen molar-refractivity contribution in [2.24, 2.45) is 5.41 Å². The summed E-state index contributed by atoms with van der Waals surface area (Å²) in [6.45, 7) is 0.224. The molecule has 1 fully saturated rings. The second kappa shape index (κ2) is 4.30. The third-order valence-corrected chi connectivity index (χ3v) is 2.83. The standard InChI is InChI=1S/C9H16N2O3/c1-10-8(14)11-6-9(7(12)13)4-2-3-5-9/h2-6H2,1H3,(H,12,13)(H2,10,11,14). The summed E-state index contributed by atoms with van der Waals surface area (Å²) in [7, 11) is 1.51. The highest BCUT2D eigenvalue weighted by molar-refractivity contribution is 5.78. The first-order valence-corrected chi connectivity index (χ1v) is 4.80. The van der Waals surface area contributed by atoms with E-state index in [9.17, 15) is 9.59 Å². The average molecular weight is 200 g/mol. The van der Waals surface area contributed by atoms with Crippen LogP contribution in [0, 0.1) is 5.41 Å². The van der Waals surface area contributed by atoms with E-state index in [1.54, 1.807) is 0 Å². The lowest BCUT2D eigenvalue weighted by molar-refractivity contribution is -0.148. The van der Waals surface area contributed by atoms with Crippen molar-refractivity contribution in [3.05, 3.63) is 0 Å². The van der Waals surface area contributed by atoms with Crippen LogP contribution in [0.25, 0.3) is 0 Å². The summed E-state index contributed by atoms with van der Waals surface area (Å²) in [5, 5.41) is 14.0. The predicted octanol–water partition coefficient (Wildman–Crippen LogP) is 0.560. The first-order chi connectivity index (χ1) is 6.60. The van der Waals surface area contributed by atoms with Crippen LogP contribution in [0.5, 0.6) is 0 Å². The molecule has 5 nitrogen and oxygen atoms in total. The molecular formula is C9H16N2O3. The Bertz CT molecular complexity index is 234. The largest absolute Gasteiger partial charge is 0.481 e. The topological polar surface area (TPSA) is 78.4 Å². The number of nitrogens with one attached hydrogen (secondary N) is 2. The predicted molar refractivity (Wildman–Crippen MR) is 51.0 cm³/mol. The molecule has 1 rings (SSSR count). The van der Waals surface area contributed by atoms with Gasteiger partial charge in [-0.15, -0.1) is 0 Å². The molecule has 14 heavy (non-hydrogen) atoms. The Hall–Kier alpha value is -1.26. The van der Waals surface area contributed by atoms with Gasteiger partial charge >= 0.3 is 12.0 Å². The molecule has 2 amide bonds. The molecule has 0 aromatic carbocycles. The molecule has 1 aliphatic rings. The minimum Gasteiger partial charge on any atom is -0.481 e. The first kappa shape index (κ1) is 10.8. The van der Waals surface area contributed by atoms with Crippen LogP contribution >= 0.6 is 0 Å². The van der Waals surface area contributed by atoms with Gasteiger partial charge < -0.3 is 15.7 Å². The fourth-order valence-corrected chi connectivity index (χ4v) is 1.86. The van der Waals surface area contributed by atoms with E-state index in [-0.39, 0.29) is 12.6 Å². The van der Waals surface area contributed by atoms with E-state index < -0.39 is 11.4 Å². The highest BCUT2D eigenvalue weighted by Crippen LogP contribution is 2.37. The van der Waals surface area contributed by atoms with Crippen molar-refractivity contribution >= 4 is 12.0 Å².